The monoisotopic (exact) mass is 212 g/mol. The number of phenolic OH excluding ortho intramolecular Hbond substituents is 1. The van der Waals surface area contributed by atoms with Crippen molar-refractivity contribution in [2.75, 3.05) is 0 Å². The molecule has 0 bridgehead atoms. The zero-order chi connectivity index (χ0) is 10.3. The van der Waals surface area contributed by atoms with Crippen LogP contribution in [-0.2, 0) is 4.79 Å². The Morgan fingerprint density at radius 2 is 2.21 bits per heavy atom. The molecule has 0 heterocycles. The molecule has 2 rings (SSSR count). The Bertz CT molecular complexity index is 389. The Hall–Kier alpha value is -1.22. The van der Waals surface area contributed by atoms with Gasteiger partial charge in [0.2, 0.25) is 0 Å². The first-order valence-corrected chi connectivity index (χ1v) is 4.68. The van der Waals surface area contributed by atoms with Crippen LogP contribution in [0.2, 0.25) is 5.02 Å². The standard InChI is InChI=1S/C10H9ClO3/c11-8-3-5(1-2-9(8)12)6-4-7(6)10(13)14/h1-3,6-7,12H,4H2,(H,13,14). The number of aromatic hydroxyl groups is 1. The van der Waals surface area contributed by atoms with E-state index in [0.29, 0.717) is 6.42 Å². The third kappa shape index (κ3) is 1.55. The Morgan fingerprint density at radius 3 is 2.71 bits per heavy atom. The summed E-state index contributed by atoms with van der Waals surface area (Å²) in [5.74, 6) is -0.955. The van der Waals surface area contributed by atoms with Crippen LogP contribution in [0.4, 0.5) is 0 Å². The maximum Gasteiger partial charge on any atom is 0.307 e. The van der Waals surface area contributed by atoms with Crippen LogP contribution in [0.15, 0.2) is 18.2 Å². The molecule has 0 aliphatic heterocycles. The van der Waals surface area contributed by atoms with Gasteiger partial charge < -0.3 is 10.2 Å². The van der Waals surface area contributed by atoms with E-state index in [0.717, 1.165) is 5.56 Å². The summed E-state index contributed by atoms with van der Waals surface area (Å²) < 4.78 is 0. The molecular formula is C10H9ClO3. The first-order chi connectivity index (χ1) is 6.59. The molecule has 2 unspecified atom stereocenters. The van der Waals surface area contributed by atoms with Gasteiger partial charge in [-0.3, -0.25) is 4.79 Å². The molecule has 1 aromatic carbocycles. The molecule has 1 fully saturated rings. The molecule has 3 nitrogen and oxygen atoms in total. The molecule has 2 atom stereocenters. The van der Waals surface area contributed by atoms with Crippen LogP contribution < -0.4 is 0 Å². The third-order valence-electron chi connectivity index (χ3n) is 2.51. The van der Waals surface area contributed by atoms with E-state index < -0.39 is 5.97 Å². The smallest absolute Gasteiger partial charge is 0.307 e. The van der Waals surface area contributed by atoms with E-state index >= 15 is 0 Å². The lowest BCUT2D eigenvalue weighted by molar-refractivity contribution is -0.138. The Morgan fingerprint density at radius 1 is 1.50 bits per heavy atom. The fraction of sp³-hybridized carbons (Fsp3) is 0.300. The quantitative estimate of drug-likeness (QED) is 0.791. The third-order valence-corrected chi connectivity index (χ3v) is 2.81. The van der Waals surface area contributed by atoms with Crippen molar-refractivity contribution in [3.05, 3.63) is 28.8 Å². The minimum absolute atomic E-state index is 0.0305. The molecule has 1 aliphatic rings. The molecule has 0 radical (unpaired) electrons. The highest BCUT2D eigenvalue weighted by atomic mass is 35.5. The first kappa shape index (κ1) is 9.34. The molecule has 74 valence electrons. The maximum absolute atomic E-state index is 10.6. The molecule has 2 N–H and O–H groups in total. The highest BCUT2D eigenvalue weighted by Gasteiger charge is 2.44. The average Bonchev–Trinajstić information content (AvgIpc) is 2.89. The van der Waals surface area contributed by atoms with Crippen LogP contribution in [0, 0.1) is 5.92 Å². The molecular weight excluding hydrogens is 204 g/mol. The summed E-state index contributed by atoms with van der Waals surface area (Å²) in [6.07, 6.45) is 0.663. The largest absolute Gasteiger partial charge is 0.506 e. The fourth-order valence-electron chi connectivity index (χ4n) is 1.59. The normalized spacial score (nSPS) is 24.6. The van der Waals surface area contributed by atoms with Crippen LogP contribution >= 0.6 is 11.6 Å². The summed E-state index contributed by atoms with van der Waals surface area (Å²) in [5.41, 5.74) is 0.889. The summed E-state index contributed by atoms with van der Waals surface area (Å²) in [4.78, 5) is 10.6. The molecule has 4 heteroatoms. The first-order valence-electron chi connectivity index (χ1n) is 4.31. The van der Waals surface area contributed by atoms with Crippen molar-refractivity contribution >= 4 is 17.6 Å². The van der Waals surface area contributed by atoms with E-state index in [1.165, 1.54) is 6.07 Å². The van der Waals surface area contributed by atoms with Crippen molar-refractivity contribution in [3.63, 3.8) is 0 Å². The maximum atomic E-state index is 10.6. The average molecular weight is 213 g/mol. The summed E-state index contributed by atoms with van der Waals surface area (Å²) >= 11 is 5.72. The van der Waals surface area contributed by atoms with Crippen molar-refractivity contribution in [1.29, 1.82) is 0 Å². The predicted octanol–water partition coefficient (Wildman–Crippen LogP) is 2.23. The summed E-state index contributed by atoms with van der Waals surface area (Å²) in [7, 11) is 0. The van der Waals surface area contributed by atoms with E-state index in [9.17, 15) is 9.90 Å². The zero-order valence-electron chi connectivity index (χ0n) is 7.27. The van der Waals surface area contributed by atoms with Gasteiger partial charge in [0.25, 0.3) is 0 Å². The Balaban J connectivity index is 2.20. The number of benzene rings is 1. The van der Waals surface area contributed by atoms with Crippen molar-refractivity contribution in [3.8, 4) is 5.75 Å². The lowest BCUT2D eigenvalue weighted by atomic mass is 10.1. The van der Waals surface area contributed by atoms with Crippen molar-refractivity contribution < 1.29 is 15.0 Å². The van der Waals surface area contributed by atoms with E-state index in [1.54, 1.807) is 12.1 Å². The van der Waals surface area contributed by atoms with Crippen molar-refractivity contribution in [1.82, 2.24) is 0 Å². The number of carboxylic acids is 1. The number of phenols is 1. The fourth-order valence-corrected chi connectivity index (χ4v) is 1.78. The number of hydrogen-bond acceptors (Lipinski definition) is 2. The molecule has 0 spiro atoms. The molecule has 14 heavy (non-hydrogen) atoms. The van der Waals surface area contributed by atoms with Crippen LogP contribution in [0.1, 0.15) is 17.9 Å². The van der Waals surface area contributed by atoms with Crippen LogP contribution in [-0.4, -0.2) is 16.2 Å². The number of aliphatic carboxylic acids is 1. The predicted molar refractivity (Wildman–Crippen MR) is 51.6 cm³/mol. The van der Waals surface area contributed by atoms with Crippen LogP contribution in [0.3, 0.4) is 0 Å². The van der Waals surface area contributed by atoms with E-state index in [2.05, 4.69) is 0 Å². The second kappa shape index (κ2) is 3.17. The Kier molecular flexibility index (Phi) is 2.11. The van der Waals surface area contributed by atoms with Gasteiger partial charge in [-0.2, -0.15) is 0 Å². The van der Waals surface area contributed by atoms with E-state index in [1.807, 2.05) is 0 Å². The van der Waals surface area contributed by atoms with Gasteiger partial charge in [0, 0.05) is 0 Å². The minimum atomic E-state index is -0.765. The molecule has 1 saturated carbocycles. The van der Waals surface area contributed by atoms with Crippen LogP contribution in [0.25, 0.3) is 0 Å². The van der Waals surface area contributed by atoms with Crippen molar-refractivity contribution in [2.24, 2.45) is 5.92 Å². The molecule has 0 aromatic heterocycles. The van der Waals surface area contributed by atoms with Gasteiger partial charge in [-0.1, -0.05) is 17.7 Å². The Labute approximate surface area is 85.9 Å². The second-order valence-electron chi connectivity index (χ2n) is 3.50. The van der Waals surface area contributed by atoms with Crippen molar-refractivity contribution in [2.45, 2.75) is 12.3 Å². The van der Waals surface area contributed by atoms with Gasteiger partial charge in [0.15, 0.2) is 0 Å². The molecule has 1 aromatic rings. The van der Waals surface area contributed by atoms with Gasteiger partial charge in [-0.15, -0.1) is 0 Å². The number of halogens is 1. The topological polar surface area (TPSA) is 57.5 Å². The molecule has 0 amide bonds. The highest BCUT2D eigenvalue weighted by Crippen LogP contribution is 2.48. The minimum Gasteiger partial charge on any atom is -0.506 e. The number of hydrogen-bond donors (Lipinski definition) is 2. The number of rotatable bonds is 2. The molecule has 0 saturated heterocycles. The van der Waals surface area contributed by atoms with Gasteiger partial charge in [0.1, 0.15) is 5.75 Å². The van der Waals surface area contributed by atoms with Crippen LogP contribution in [0.5, 0.6) is 5.75 Å². The summed E-state index contributed by atoms with van der Waals surface area (Å²) in [6, 6.07) is 4.84. The van der Waals surface area contributed by atoms with Gasteiger partial charge >= 0.3 is 5.97 Å². The zero-order valence-corrected chi connectivity index (χ0v) is 8.03. The van der Waals surface area contributed by atoms with Gasteiger partial charge in [-0.05, 0) is 30.0 Å². The number of carbonyl (C=O) groups is 1. The molecule has 1 aliphatic carbocycles. The SMILES string of the molecule is O=C(O)C1CC1c1ccc(O)c(Cl)c1. The highest BCUT2D eigenvalue weighted by molar-refractivity contribution is 6.32. The second-order valence-corrected chi connectivity index (χ2v) is 3.90. The van der Waals surface area contributed by atoms with Gasteiger partial charge in [-0.25, -0.2) is 0 Å². The summed E-state index contributed by atoms with van der Waals surface area (Å²) in [5, 5.41) is 18.2. The van der Waals surface area contributed by atoms with Gasteiger partial charge in [0.05, 0.1) is 10.9 Å². The summed E-state index contributed by atoms with van der Waals surface area (Å²) in [6.45, 7) is 0. The van der Waals surface area contributed by atoms with E-state index in [-0.39, 0.29) is 22.6 Å². The lowest BCUT2D eigenvalue weighted by Gasteiger charge is -2.01. The number of carboxylic acid groups (broad SMARTS) is 1. The van der Waals surface area contributed by atoms with E-state index in [4.69, 9.17) is 16.7 Å². The lowest BCUT2D eigenvalue weighted by Crippen LogP contribution is -1.98.